The second-order valence-corrected chi connectivity index (χ2v) is 15.1. The highest BCUT2D eigenvalue weighted by atomic mass is 16.5. The Labute approximate surface area is 336 Å². The number of esters is 1. The number of hydrogen-bond acceptors (Lipinski definition) is 13. The molecule has 16 nitrogen and oxygen atoms in total. The van der Waals surface area contributed by atoms with E-state index in [1.807, 2.05) is 17.7 Å². The van der Waals surface area contributed by atoms with Gasteiger partial charge in [-0.2, -0.15) is 10.1 Å². The topological polar surface area (TPSA) is 164 Å². The van der Waals surface area contributed by atoms with Crippen LogP contribution in [0.15, 0.2) is 41.5 Å². The first-order chi connectivity index (χ1) is 27.9. The molecule has 0 bridgehead atoms. The molecule has 1 N–H and O–H groups in total. The molecule has 3 aliphatic heterocycles. The lowest BCUT2D eigenvalue weighted by Gasteiger charge is -2.36. The van der Waals surface area contributed by atoms with Crippen molar-refractivity contribution in [2.24, 2.45) is 11.0 Å². The van der Waals surface area contributed by atoms with Gasteiger partial charge in [0.25, 0.3) is 0 Å². The van der Waals surface area contributed by atoms with E-state index in [4.69, 9.17) is 39.3 Å². The largest absolute Gasteiger partial charge is 0.477 e. The van der Waals surface area contributed by atoms with Gasteiger partial charge in [-0.1, -0.05) is 5.11 Å². The Bertz CT molecular complexity index is 1780. The van der Waals surface area contributed by atoms with Crippen molar-refractivity contribution in [3.63, 3.8) is 0 Å². The monoisotopic (exact) mass is 788 g/mol. The third-order valence-electron chi connectivity index (χ3n) is 10.9. The lowest BCUT2D eigenvalue weighted by Crippen LogP contribution is -2.47. The average Bonchev–Trinajstić information content (AvgIpc) is 3.84. The average molecular weight is 789 g/mol. The van der Waals surface area contributed by atoms with Crippen LogP contribution in [-0.4, -0.2) is 149 Å². The molecule has 3 aromatic rings. The number of nitrogens with zero attached hydrogens (tertiary/aromatic N) is 9. The molecule has 16 heteroatoms. The van der Waals surface area contributed by atoms with E-state index in [1.165, 1.54) is 12.7 Å². The first-order valence-electron chi connectivity index (χ1n) is 20.4. The summed E-state index contributed by atoms with van der Waals surface area (Å²) in [5, 5.41) is 11.7. The fourth-order valence-electron chi connectivity index (χ4n) is 7.86. The van der Waals surface area contributed by atoms with Gasteiger partial charge in [0.15, 0.2) is 0 Å². The number of carbonyl (C=O) groups is 1. The Morgan fingerprint density at radius 1 is 0.965 bits per heavy atom. The lowest BCUT2D eigenvalue weighted by molar-refractivity contribution is -0.141. The number of fused-ring (bicyclic) bond motifs is 1. The summed E-state index contributed by atoms with van der Waals surface area (Å²) < 4.78 is 30.2. The molecule has 0 aliphatic carbocycles. The number of carbonyl (C=O) groups excluding carboxylic acids is 1. The second kappa shape index (κ2) is 21.9. The molecular weight excluding hydrogens is 729 g/mol. The second-order valence-electron chi connectivity index (χ2n) is 15.1. The number of methoxy groups -OCH3 is 1. The minimum Gasteiger partial charge on any atom is -0.477 e. The van der Waals surface area contributed by atoms with Gasteiger partial charge in [-0.25, -0.2) is 4.68 Å². The first kappa shape index (κ1) is 42.2. The van der Waals surface area contributed by atoms with E-state index in [-0.39, 0.29) is 11.9 Å². The van der Waals surface area contributed by atoms with Crippen LogP contribution in [0.2, 0.25) is 0 Å². The van der Waals surface area contributed by atoms with Gasteiger partial charge in [0, 0.05) is 93.1 Å². The molecule has 0 saturated carbocycles. The molecule has 3 aliphatic rings. The molecule has 2 fully saturated rings. The molecular formula is C41H60N10O6. The number of likely N-dealkylation sites (tertiary alicyclic amines) is 1. The summed E-state index contributed by atoms with van der Waals surface area (Å²) in [6.07, 6.45) is 3.52. The van der Waals surface area contributed by atoms with E-state index >= 15 is 0 Å². The van der Waals surface area contributed by atoms with Gasteiger partial charge >= 0.3 is 5.97 Å². The standard InChI is InChI=1S/C41H60N10O6/c1-31-23-32(2)51(46-31)38-25-35(24-37(27-38)50-14-12-48(13-15-50)16-18-55-20-22-56-21-19-54-17-10-44-47-42)36(26-40(52)53-3)29-49-11-8-33(28-49)30-57-39-7-6-34-5-4-9-43-41(34)45-39/h6-7,23-25,27,33,36H,4-5,8-22,26,28-30H2,1-3H3,(H,43,45)/t33-,36-/m1/s1. The van der Waals surface area contributed by atoms with Crippen molar-refractivity contribution in [1.82, 2.24) is 24.6 Å². The van der Waals surface area contributed by atoms with E-state index in [1.54, 1.807) is 0 Å². The maximum Gasteiger partial charge on any atom is 0.306 e. The van der Waals surface area contributed by atoms with E-state index < -0.39 is 0 Å². The van der Waals surface area contributed by atoms with Gasteiger partial charge in [-0.3, -0.25) is 9.69 Å². The number of aromatic nitrogens is 3. The number of pyridine rings is 1. The zero-order chi connectivity index (χ0) is 39.8. The lowest BCUT2D eigenvalue weighted by atomic mass is 9.93. The van der Waals surface area contributed by atoms with Crippen molar-refractivity contribution in [2.45, 2.75) is 45.4 Å². The minimum atomic E-state index is -0.209. The molecule has 2 saturated heterocycles. The highest BCUT2D eigenvalue weighted by Gasteiger charge is 2.29. The summed E-state index contributed by atoms with van der Waals surface area (Å²) in [6, 6.07) is 12.9. The zero-order valence-electron chi connectivity index (χ0n) is 33.9. The van der Waals surface area contributed by atoms with Crippen molar-refractivity contribution in [1.29, 1.82) is 0 Å². The van der Waals surface area contributed by atoms with Crippen LogP contribution >= 0.6 is 0 Å². The molecule has 0 spiro atoms. The van der Waals surface area contributed by atoms with E-state index in [2.05, 4.69) is 67.3 Å². The Morgan fingerprint density at radius 2 is 1.74 bits per heavy atom. The van der Waals surface area contributed by atoms with Gasteiger partial charge in [-0.15, -0.1) is 0 Å². The summed E-state index contributed by atoms with van der Waals surface area (Å²) in [7, 11) is 1.47. The van der Waals surface area contributed by atoms with Crippen molar-refractivity contribution < 1.29 is 28.5 Å². The molecule has 0 amide bonds. The molecule has 2 aromatic heterocycles. The van der Waals surface area contributed by atoms with Gasteiger partial charge < -0.3 is 38.8 Å². The third-order valence-corrected chi connectivity index (χ3v) is 10.9. The Morgan fingerprint density at radius 3 is 2.49 bits per heavy atom. The predicted octanol–water partition coefficient (Wildman–Crippen LogP) is 4.77. The first-order valence-corrected chi connectivity index (χ1v) is 20.4. The van der Waals surface area contributed by atoms with E-state index in [0.29, 0.717) is 71.0 Å². The van der Waals surface area contributed by atoms with Gasteiger partial charge in [-0.05, 0) is 86.6 Å². The molecule has 6 rings (SSSR count). The van der Waals surface area contributed by atoms with Crippen molar-refractivity contribution >= 4 is 17.5 Å². The number of piperazine rings is 1. The number of nitrogens with one attached hydrogen (secondary N) is 1. The SMILES string of the molecule is COC(=O)C[C@H](CN1CC[C@@H](COc2ccc3c(n2)NCCC3)C1)c1cc(N2CCN(CCOCCOCCOCCN=[N+]=[N-])CC2)cc(-n2nc(C)cc2C)c1. The number of azide groups is 1. The third kappa shape index (κ3) is 12.8. The Balaban J connectivity index is 1.04. The van der Waals surface area contributed by atoms with Crippen LogP contribution in [0.25, 0.3) is 16.1 Å². The molecule has 57 heavy (non-hydrogen) atoms. The number of hydrogen-bond donors (Lipinski definition) is 1. The molecule has 310 valence electrons. The van der Waals surface area contributed by atoms with Crippen molar-refractivity contribution in [3.05, 3.63) is 69.4 Å². The van der Waals surface area contributed by atoms with Crippen LogP contribution in [0.5, 0.6) is 5.88 Å². The van der Waals surface area contributed by atoms with Crippen LogP contribution in [0.3, 0.4) is 0 Å². The van der Waals surface area contributed by atoms with E-state index in [0.717, 1.165) is 112 Å². The molecule has 2 atom stereocenters. The number of ether oxygens (including phenoxy) is 5. The smallest absolute Gasteiger partial charge is 0.306 e. The van der Waals surface area contributed by atoms with Crippen molar-refractivity contribution in [2.75, 3.05) is 129 Å². The Hall–Kier alpha value is -4.44. The summed E-state index contributed by atoms with van der Waals surface area (Å²) in [5.41, 5.74) is 14.8. The molecule has 5 heterocycles. The summed E-state index contributed by atoms with van der Waals surface area (Å²) >= 11 is 0. The van der Waals surface area contributed by atoms with Crippen molar-refractivity contribution in [3.8, 4) is 11.6 Å². The molecule has 0 radical (unpaired) electrons. The van der Waals surface area contributed by atoms with Gasteiger partial charge in [0.1, 0.15) is 5.82 Å². The van der Waals surface area contributed by atoms with Crippen LogP contribution in [-0.2, 0) is 30.2 Å². The van der Waals surface area contributed by atoms with Gasteiger partial charge in [0.2, 0.25) is 5.88 Å². The summed E-state index contributed by atoms with van der Waals surface area (Å²) in [6.45, 7) is 16.1. The van der Waals surface area contributed by atoms with E-state index in [9.17, 15) is 4.79 Å². The fourth-order valence-corrected chi connectivity index (χ4v) is 7.86. The molecule has 0 unspecified atom stereocenters. The maximum absolute atomic E-state index is 12.9. The van der Waals surface area contributed by atoms with Crippen LogP contribution < -0.4 is 15.0 Å². The normalized spacial score (nSPS) is 17.8. The van der Waals surface area contributed by atoms with Crippen LogP contribution in [0, 0.1) is 19.8 Å². The number of aryl methyl sites for hydroxylation is 3. The number of anilines is 2. The fraction of sp³-hybridized carbons (Fsp3) is 0.634. The number of rotatable bonds is 22. The zero-order valence-corrected chi connectivity index (χ0v) is 33.9. The highest BCUT2D eigenvalue weighted by Crippen LogP contribution is 2.32. The Kier molecular flexibility index (Phi) is 16.2. The van der Waals surface area contributed by atoms with Crippen LogP contribution in [0.1, 0.15) is 47.7 Å². The predicted molar refractivity (Wildman–Crippen MR) is 219 cm³/mol. The van der Waals surface area contributed by atoms with Gasteiger partial charge in [0.05, 0.1) is 71.2 Å². The quantitative estimate of drug-likeness (QED) is 0.0489. The molecule has 1 aromatic carbocycles. The maximum atomic E-state index is 12.9. The summed E-state index contributed by atoms with van der Waals surface area (Å²) in [4.78, 5) is 27.7. The summed E-state index contributed by atoms with van der Waals surface area (Å²) in [5.74, 6) is 1.74. The minimum absolute atomic E-state index is 0.0553. The van der Waals surface area contributed by atoms with Crippen LogP contribution in [0.4, 0.5) is 11.5 Å². The highest BCUT2D eigenvalue weighted by molar-refractivity contribution is 5.71. The number of benzene rings is 1.